The number of fused-ring (bicyclic) bond motifs is 5. The Morgan fingerprint density at radius 3 is 2.63 bits per heavy atom. The lowest BCUT2D eigenvalue weighted by atomic mass is 9.48. The first-order valence-corrected chi connectivity index (χ1v) is 13.6. The van der Waals surface area contributed by atoms with E-state index in [9.17, 15) is 0 Å². The van der Waals surface area contributed by atoms with Gasteiger partial charge < -0.3 is 0 Å². The molecule has 5 rings (SSSR count). The zero-order valence-electron chi connectivity index (χ0n) is 20.2. The summed E-state index contributed by atoms with van der Waals surface area (Å²) >= 11 is 0. The number of hydrogen-bond donors (Lipinski definition) is 0. The number of rotatable bonds is 5. The summed E-state index contributed by atoms with van der Waals surface area (Å²) in [5, 5.41) is 8.81. The van der Waals surface area contributed by atoms with E-state index in [1.807, 2.05) is 0 Å². The third kappa shape index (κ3) is 3.62. The molecule has 0 aromatic carbocycles. The van der Waals surface area contributed by atoms with Crippen molar-refractivity contribution in [2.45, 2.75) is 111 Å². The van der Waals surface area contributed by atoms with Crippen molar-refractivity contribution in [1.82, 2.24) is 0 Å². The zero-order chi connectivity index (χ0) is 20.9. The Balaban J connectivity index is 1.26. The summed E-state index contributed by atoms with van der Waals surface area (Å²) in [6, 6.07) is 0.354. The summed E-state index contributed by atoms with van der Waals surface area (Å²) in [5.41, 5.74) is 1.72. The van der Waals surface area contributed by atoms with Gasteiger partial charge in [-0.05, 0) is 124 Å². The molecule has 30 heavy (non-hydrogen) atoms. The van der Waals surface area contributed by atoms with Gasteiger partial charge in [0, 0.05) is 0 Å². The first kappa shape index (κ1) is 21.2. The highest BCUT2D eigenvalue weighted by Crippen LogP contribution is 2.65. The Morgan fingerprint density at radius 2 is 1.87 bits per heavy atom. The van der Waals surface area contributed by atoms with Gasteiger partial charge in [-0.25, -0.2) is 0 Å². The molecule has 10 atom stereocenters. The van der Waals surface area contributed by atoms with Crippen LogP contribution >= 0.6 is 0 Å². The molecule has 5 aliphatic rings. The average molecular weight is 411 g/mol. The van der Waals surface area contributed by atoms with Crippen LogP contribution in [-0.4, -0.2) is 6.04 Å². The van der Waals surface area contributed by atoms with Crippen molar-refractivity contribution in [3.05, 3.63) is 11.8 Å². The Morgan fingerprint density at radius 1 is 1.03 bits per heavy atom. The highest BCUT2D eigenvalue weighted by molar-refractivity contribution is 5.10. The van der Waals surface area contributed by atoms with Gasteiger partial charge in [0.2, 0.25) is 0 Å². The van der Waals surface area contributed by atoms with Gasteiger partial charge in [-0.2, -0.15) is 10.2 Å². The standard InChI is InChI=1S/C28H46N2/c1-5-6-20-7-9-23-21(17-20)8-10-25-24(23)13-14-28(4)26(11-12-27(25)28)18(2)15-22-16-19(3)29-30-22/h16,18,20-27H,5-15,17H2,1-4H3/t18-,20+,21+,22?,23+,24-,25-,26-,27+,28-/m1/s1. The van der Waals surface area contributed by atoms with Crippen LogP contribution in [0.15, 0.2) is 22.0 Å². The third-order valence-electron chi connectivity index (χ3n) is 10.9. The van der Waals surface area contributed by atoms with E-state index in [4.69, 9.17) is 0 Å². The number of hydrogen-bond acceptors (Lipinski definition) is 2. The van der Waals surface area contributed by atoms with Crippen LogP contribution in [0.25, 0.3) is 0 Å². The van der Waals surface area contributed by atoms with Crippen molar-refractivity contribution >= 4 is 0 Å². The van der Waals surface area contributed by atoms with E-state index in [1.165, 1.54) is 38.5 Å². The maximum atomic E-state index is 4.52. The van der Waals surface area contributed by atoms with Gasteiger partial charge in [0.15, 0.2) is 0 Å². The lowest BCUT2D eigenvalue weighted by Crippen LogP contribution is -2.49. The minimum Gasteiger partial charge on any atom is -0.181 e. The lowest BCUT2D eigenvalue weighted by Gasteiger charge is -2.57. The summed E-state index contributed by atoms with van der Waals surface area (Å²) in [7, 11) is 0. The van der Waals surface area contributed by atoms with E-state index in [-0.39, 0.29) is 0 Å². The van der Waals surface area contributed by atoms with Gasteiger partial charge >= 0.3 is 0 Å². The number of nitrogens with zero attached hydrogens (tertiary/aromatic N) is 2. The molecule has 0 saturated heterocycles. The van der Waals surface area contributed by atoms with E-state index in [1.54, 1.807) is 38.5 Å². The molecular formula is C28H46N2. The minimum absolute atomic E-state index is 0.354. The smallest absolute Gasteiger partial charge is 0.0916 e. The summed E-state index contributed by atoms with van der Waals surface area (Å²) < 4.78 is 0. The molecule has 2 nitrogen and oxygen atoms in total. The van der Waals surface area contributed by atoms with Gasteiger partial charge in [0.05, 0.1) is 11.7 Å². The lowest BCUT2D eigenvalue weighted by molar-refractivity contribution is -0.0745. The molecule has 0 bridgehead atoms. The third-order valence-corrected chi connectivity index (χ3v) is 10.9. The van der Waals surface area contributed by atoms with Crippen molar-refractivity contribution in [3.8, 4) is 0 Å². The second kappa shape index (κ2) is 8.36. The molecule has 2 heteroatoms. The van der Waals surface area contributed by atoms with Gasteiger partial charge in [0.25, 0.3) is 0 Å². The van der Waals surface area contributed by atoms with E-state index in [2.05, 4.69) is 44.0 Å². The molecule has 0 aromatic rings. The molecule has 0 aromatic heterocycles. The summed E-state index contributed by atoms with van der Waals surface area (Å²) in [5.74, 6) is 8.06. The van der Waals surface area contributed by atoms with Crippen molar-refractivity contribution in [2.24, 2.45) is 63.0 Å². The van der Waals surface area contributed by atoms with Crippen molar-refractivity contribution in [1.29, 1.82) is 0 Å². The minimum atomic E-state index is 0.354. The number of azo groups is 1. The van der Waals surface area contributed by atoms with Crippen LogP contribution in [0.5, 0.6) is 0 Å². The van der Waals surface area contributed by atoms with E-state index in [0.29, 0.717) is 11.5 Å². The van der Waals surface area contributed by atoms with Crippen LogP contribution in [0, 0.1) is 52.8 Å². The topological polar surface area (TPSA) is 24.7 Å². The van der Waals surface area contributed by atoms with Crippen molar-refractivity contribution in [2.75, 3.05) is 0 Å². The summed E-state index contributed by atoms with van der Waals surface area (Å²) in [6.07, 6.45) is 20.2. The molecule has 0 amide bonds. The molecule has 1 aliphatic heterocycles. The molecule has 1 heterocycles. The van der Waals surface area contributed by atoms with Crippen LogP contribution in [-0.2, 0) is 0 Å². The molecule has 1 unspecified atom stereocenters. The molecule has 168 valence electrons. The van der Waals surface area contributed by atoms with E-state index < -0.39 is 0 Å². The Hall–Kier alpha value is -0.660. The fourth-order valence-corrected chi connectivity index (χ4v) is 9.77. The van der Waals surface area contributed by atoms with Crippen LogP contribution in [0.4, 0.5) is 0 Å². The fourth-order valence-electron chi connectivity index (χ4n) is 9.77. The van der Waals surface area contributed by atoms with Gasteiger partial charge in [0.1, 0.15) is 0 Å². The largest absolute Gasteiger partial charge is 0.181 e. The first-order chi connectivity index (χ1) is 14.5. The molecule has 4 saturated carbocycles. The predicted octanol–water partition coefficient (Wildman–Crippen LogP) is 8.44. The fraction of sp³-hybridized carbons (Fsp3) is 0.929. The van der Waals surface area contributed by atoms with Crippen molar-refractivity contribution in [3.63, 3.8) is 0 Å². The second-order valence-corrected chi connectivity index (χ2v) is 12.4. The Labute approximate surface area is 185 Å². The van der Waals surface area contributed by atoms with E-state index >= 15 is 0 Å². The van der Waals surface area contributed by atoms with E-state index in [0.717, 1.165) is 53.0 Å². The summed E-state index contributed by atoms with van der Waals surface area (Å²) in [4.78, 5) is 0. The Bertz CT molecular complexity index is 680. The maximum Gasteiger partial charge on any atom is 0.0916 e. The average Bonchev–Trinajstić information content (AvgIpc) is 3.30. The molecular weight excluding hydrogens is 364 g/mol. The van der Waals surface area contributed by atoms with Crippen LogP contribution in [0.2, 0.25) is 0 Å². The summed E-state index contributed by atoms with van der Waals surface area (Å²) in [6.45, 7) is 9.72. The van der Waals surface area contributed by atoms with Crippen LogP contribution in [0.3, 0.4) is 0 Å². The zero-order valence-corrected chi connectivity index (χ0v) is 20.2. The Kier molecular flexibility index (Phi) is 5.91. The van der Waals surface area contributed by atoms with Gasteiger partial charge in [-0.1, -0.05) is 40.0 Å². The maximum absolute atomic E-state index is 4.52. The molecule has 0 radical (unpaired) electrons. The number of allylic oxidation sites excluding steroid dienone is 1. The molecule has 4 aliphatic carbocycles. The monoisotopic (exact) mass is 410 g/mol. The highest BCUT2D eigenvalue weighted by Gasteiger charge is 2.57. The predicted molar refractivity (Wildman–Crippen MR) is 125 cm³/mol. The van der Waals surface area contributed by atoms with Crippen molar-refractivity contribution < 1.29 is 0 Å². The second-order valence-electron chi connectivity index (χ2n) is 12.4. The molecule has 0 N–H and O–H groups in total. The van der Waals surface area contributed by atoms with Crippen LogP contribution < -0.4 is 0 Å². The quantitative estimate of drug-likeness (QED) is 0.434. The van der Waals surface area contributed by atoms with Gasteiger partial charge in [-0.3, -0.25) is 0 Å². The van der Waals surface area contributed by atoms with Gasteiger partial charge in [-0.15, -0.1) is 0 Å². The first-order valence-electron chi connectivity index (χ1n) is 13.6. The normalized spacial score (nSPS) is 48.6. The molecule has 4 fully saturated rings. The molecule has 0 spiro atoms. The SMILES string of the molecule is CCC[C@H]1CC[C@H]2[C@@H](CC[C@@H]3[C@@H]2CC[C@]2(C)[C@@H]([C@H](C)CC4C=C(C)N=N4)CC[C@@H]32)C1. The highest BCUT2D eigenvalue weighted by atomic mass is 15.1. The van der Waals surface area contributed by atoms with Crippen LogP contribution in [0.1, 0.15) is 105 Å².